The molecule has 3 heteroatoms. The molecule has 0 aliphatic carbocycles. The molecule has 0 saturated heterocycles. The zero-order chi connectivity index (χ0) is 11.4. The number of Topliss-reactive ketones (excluding diaryl/α,β-unsaturated/α-hetero) is 1. The summed E-state index contributed by atoms with van der Waals surface area (Å²) in [5.41, 5.74) is 2.04. The molecule has 0 aliphatic rings. The Kier molecular flexibility index (Phi) is 3.47. The number of aryl methyl sites for hydroxylation is 1. The molecule has 0 fully saturated rings. The molecule has 2 aromatic rings. The Morgan fingerprint density at radius 1 is 1.38 bits per heavy atom. The molecule has 2 nitrogen and oxygen atoms in total. The summed E-state index contributed by atoms with van der Waals surface area (Å²) in [6.45, 7) is 2.09. The second-order valence-electron chi connectivity index (χ2n) is 3.59. The van der Waals surface area contributed by atoms with Gasteiger partial charge in [0.2, 0.25) is 0 Å². The van der Waals surface area contributed by atoms with Crippen LogP contribution < -0.4 is 0 Å². The van der Waals surface area contributed by atoms with Crippen LogP contribution in [0.15, 0.2) is 35.8 Å². The van der Waals surface area contributed by atoms with Crippen LogP contribution >= 0.6 is 11.3 Å². The standard InChI is InChI=1S/C13H13NOS/c1-2-10-5-6-11(14-9-10)8-12(15)13-4-3-7-16-13/h3-7,9H,2,8H2,1H3. The quantitative estimate of drug-likeness (QED) is 0.757. The van der Waals surface area contributed by atoms with Crippen LogP contribution in [0.5, 0.6) is 0 Å². The van der Waals surface area contributed by atoms with Gasteiger partial charge in [0, 0.05) is 11.9 Å². The van der Waals surface area contributed by atoms with Crippen molar-refractivity contribution in [1.82, 2.24) is 4.98 Å². The molecule has 82 valence electrons. The number of aromatic nitrogens is 1. The molecule has 0 unspecified atom stereocenters. The third-order valence-corrected chi connectivity index (χ3v) is 3.34. The summed E-state index contributed by atoms with van der Waals surface area (Å²) in [6, 6.07) is 7.72. The summed E-state index contributed by atoms with van der Waals surface area (Å²) in [5.74, 6) is 0.145. The first-order valence-corrected chi connectivity index (χ1v) is 6.18. The van der Waals surface area contributed by atoms with Gasteiger partial charge in [-0.1, -0.05) is 19.1 Å². The lowest BCUT2D eigenvalue weighted by atomic mass is 10.1. The molecule has 2 aromatic heterocycles. The van der Waals surface area contributed by atoms with Crippen molar-refractivity contribution in [3.63, 3.8) is 0 Å². The van der Waals surface area contributed by atoms with Gasteiger partial charge in [0.25, 0.3) is 0 Å². The SMILES string of the molecule is CCc1ccc(CC(=O)c2cccs2)nc1. The van der Waals surface area contributed by atoms with Crippen LogP contribution in [0.3, 0.4) is 0 Å². The molecule has 0 radical (unpaired) electrons. The summed E-state index contributed by atoms with van der Waals surface area (Å²) in [7, 11) is 0. The lowest BCUT2D eigenvalue weighted by molar-refractivity contribution is 0.0996. The summed E-state index contributed by atoms with van der Waals surface area (Å²) >= 11 is 1.48. The monoisotopic (exact) mass is 231 g/mol. The van der Waals surface area contributed by atoms with Gasteiger partial charge in [-0.05, 0) is 29.5 Å². The van der Waals surface area contributed by atoms with Crippen molar-refractivity contribution >= 4 is 17.1 Å². The molecular weight excluding hydrogens is 218 g/mol. The minimum atomic E-state index is 0.145. The zero-order valence-electron chi connectivity index (χ0n) is 9.14. The maximum atomic E-state index is 11.8. The fraction of sp³-hybridized carbons (Fsp3) is 0.231. The average Bonchev–Trinajstić information content (AvgIpc) is 2.83. The highest BCUT2D eigenvalue weighted by atomic mass is 32.1. The Morgan fingerprint density at radius 3 is 2.81 bits per heavy atom. The number of nitrogens with zero attached hydrogens (tertiary/aromatic N) is 1. The van der Waals surface area contributed by atoms with Crippen molar-refractivity contribution in [2.75, 3.05) is 0 Å². The second-order valence-corrected chi connectivity index (χ2v) is 4.54. The van der Waals surface area contributed by atoms with E-state index in [1.165, 1.54) is 16.9 Å². The fourth-order valence-corrected chi connectivity index (χ4v) is 2.12. The number of pyridine rings is 1. The van der Waals surface area contributed by atoms with E-state index >= 15 is 0 Å². The molecule has 0 atom stereocenters. The van der Waals surface area contributed by atoms with Crippen LogP contribution in [0.2, 0.25) is 0 Å². The highest BCUT2D eigenvalue weighted by Crippen LogP contribution is 2.12. The average molecular weight is 231 g/mol. The van der Waals surface area contributed by atoms with E-state index in [4.69, 9.17) is 0 Å². The van der Waals surface area contributed by atoms with Crippen LogP contribution in [-0.4, -0.2) is 10.8 Å². The molecule has 2 heterocycles. The minimum absolute atomic E-state index is 0.145. The van der Waals surface area contributed by atoms with E-state index < -0.39 is 0 Å². The molecule has 0 spiro atoms. The van der Waals surface area contributed by atoms with Crippen molar-refractivity contribution in [2.45, 2.75) is 19.8 Å². The van der Waals surface area contributed by atoms with Crippen LogP contribution in [-0.2, 0) is 12.8 Å². The fourth-order valence-electron chi connectivity index (χ4n) is 1.46. The zero-order valence-corrected chi connectivity index (χ0v) is 9.96. The third kappa shape index (κ3) is 2.55. The van der Waals surface area contributed by atoms with E-state index in [0.29, 0.717) is 6.42 Å². The van der Waals surface area contributed by atoms with E-state index in [1.807, 2.05) is 35.8 Å². The van der Waals surface area contributed by atoms with Crippen LogP contribution in [0.25, 0.3) is 0 Å². The Labute approximate surface area is 99.0 Å². The Balaban J connectivity index is 2.06. The van der Waals surface area contributed by atoms with Crippen molar-refractivity contribution in [2.24, 2.45) is 0 Å². The van der Waals surface area contributed by atoms with Gasteiger partial charge in [-0.15, -0.1) is 11.3 Å². The first-order valence-electron chi connectivity index (χ1n) is 5.30. The molecule has 0 aromatic carbocycles. The van der Waals surface area contributed by atoms with Crippen molar-refractivity contribution in [3.05, 3.63) is 52.0 Å². The van der Waals surface area contributed by atoms with E-state index in [0.717, 1.165) is 17.0 Å². The molecule has 0 saturated carbocycles. The number of carbonyl (C=O) groups is 1. The highest BCUT2D eigenvalue weighted by Gasteiger charge is 2.08. The minimum Gasteiger partial charge on any atom is -0.293 e. The van der Waals surface area contributed by atoms with Crippen molar-refractivity contribution in [1.29, 1.82) is 0 Å². The first kappa shape index (κ1) is 11.0. The van der Waals surface area contributed by atoms with Gasteiger partial charge in [0.1, 0.15) is 0 Å². The third-order valence-electron chi connectivity index (χ3n) is 2.43. The van der Waals surface area contributed by atoms with Gasteiger partial charge in [-0.2, -0.15) is 0 Å². The predicted molar refractivity (Wildman–Crippen MR) is 66.0 cm³/mol. The van der Waals surface area contributed by atoms with Crippen LogP contribution in [0.4, 0.5) is 0 Å². The maximum Gasteiger partial charge on any atom is 0.178 e. The Hall–Kier alpha value is -1.48. The number of hydrogen-bond acceptors (Lipinski definition) is 3. The van der Waals surface area contributed by atoms with Crippen molar-refractivity contribution < 1.29 is 4.79 Å². The van der Waals surface area contributed by atoms with Crippen molar-refractivity contribution in [3.8, 4) is 0 Å². The number of ketones is 1. The maximum absolute atomic E-state index is 11.8. The predicted octanol–water partition coefficient (Wildman–Crippen LogP) is 3.13. The van der Waals surface area contributed by atoms with E-state index in [1.54, 1.807) is 0 Å². The summed E-state index contributed by atoms with van der Waals surface area (Å²) in [6.07, 6.45) is 3.22. The van der Waals surface area contributed by atoms with E-state index in [2.05, 4.69) is 11.9 Å². The smallest absolute Gasteiger partial charge is 0.178 e. The lowest BCUT2D eigenvalue weighted by Crippen LogP contribution is -2.03. The largest absolute Gasteiger partial charge is 0.293 e. The topological polar surface area (TPSA) is 30.0 Å². The molecule has 0 amide bonds. The normalized spacial score (nSPS) is 10.3. The Bertz CT molecular complexity index is 459. The number of rotatable bonds is 4. The van der Waals surface area contributed by atoms with Gasteiger partial charge < -0.3 is 0 Å². The second kappa shape index (κ2) is 5.03. The number of thiophene rings is 1. The van der Waals surface area contributed by atoms with Gasteiger partial charge in [0.15, 0.2) is 5.78 Å². The molecule has 0 bridgehead atoms. The summed E-state index contributed by atoms with van der Waals surface area (Å²) < 4.78 is 0. The lowest BCUT2D eigenvalue weighted by Gasteiger charge is -2.00. The number of carbonyl (C=O) groups excluding carboxylic acids is 1. The number of hydrogen-bond donors (Lipinski definition) is 0. The molecule has 0 aliphatic heterocycles. The Morgan fingerprint density at radius 2 is 2.25 bits per heavy atom. The van der Waals surface area contributed by atoms with Crippen LogP contribution in [0, 0.1) is 0 Å². The van der Waals surface area contributed by atoms with Gasteiger partial charge in [0.05, 0.1) is 11.3 Å². The van der Waals surface area contributed by atoms with Gasteiger partial charge in [-0.25, -0.2) is 0 Å². The van der Waals surface area contributed by atoms with Gasteiger partial charge >= 0.3 is 0 Å². The molecule has 2 rings (SSSR count). The molecular formula is C13H13NOS. The van der Waals surface area contributed by atoms with Crippen LogP contribution in [0.1, 0.15) is 27.9 Å². The molecule has 0 N–H and O–H groups in total. The highest BCUT2D eigenvalue weighted by molar-refractivity contribution is 7.12. The van der Waals surface area contributed by atoms with E-state index in [-0.39, 0.29) is 5.78 Å². The van der Waals surface area contributed by atoms with Gasteiger partial charge in [-0.3, -0.25) is 9.78 Å². The molecule has 16 heavy (non-hydrogen) atoms. The summed E-state index contributed by atoms with van der Waals surface area (Å²) in [5, 5.41) is 1.92. The first-order chi connectivity index (χ1) is 7.79. The summed E-state index contributed by atoms with van der Waals surface area (Å²) in [4.78, 5) is 16.9. The van der Waals surface area contributed by atoms with E-state index in [9.17, 15) is 4.79 Å².